The largest absolute Gasteiger partial charge is 0.478 e. The molecule has 0 radical (unpaired) electrons. The Morgan fingerprint density at radius 1 is 0.926 bits per heavy atom. The highest BCUT2D eigenvalue weighted by Gasteiger charge is 2.13. The van der Waals surface area contributed by atoms with Gasteiger partial charge in [-0.15, -0.1) is 0 Å². The van der Waals surface area contributed by atoms with Crippen LogP contribution in [0, 0.1) is 0 Å². The van der Waals surface area contributed by atoms with Crippen molar-refractivity contribution in [1.82, 2.24) is 15.3 Å². The summed E-state index contributed by atoms with van der Waals surface area (Å²) in [6, 6.07) is 14.1. The Morgan fingerprint density at radius 2 is 1.67 bits per heavy atom. The Kier molecular flexibility index (Phi) is 5.27. The van der Waals surface area contributed by atoms with Gasteiger partial charge in [0.2, 0.25) is 0 Å². The van der Waals surface area contributed by atoms with E-state index in [0.29, 0.717) is 22.9 Å². The Bertz CT molecular complexity index is 959. The van der Waals surface area contributed by atoms with Crippen LogP contribution in [0.5, 0.6) is 0 Å². The second-order valence-corrected chi connectivity index (χ2v) is 5.55. The quantitative estimate of drug-likeness (QED) is 0.532. The van der Waals surface area contributed by atoms with Crippen molar-refractivity contribution in [3.05, 3.63) is 72.1 Å². The van der Waals surface area contributed by atoms with Crippen molar-refractivity contribution in [1.29, 1.82) is 0 Å². The van der Waals surface area contributed by atoms with E-state index in [2.05, 4.69) is 25.9 Å². The fourth-order valence-corrected chi connectivity index (χ4v) is 2.35. The second-order valence-electron chi connectivity index (χ2n) is 5.55. The van der Waals surface area contributed by atoms with Gasteiger partial charge in [-0.25, -0.2) is 14.8 Å². The van der Waals surface area contributed by atoms with Crippen LogP contribution in [0.1, 0.15) is 20.7 Å². The second kappa shape index (κ2) is 7.96. The number of amides is 1. The minimum Gasteiger partial charge on any atom is -0.478 e. The number of anilines is 4. The molecule has 0 atom stereocenters. The SMILES string of the molecule is CNC(=O)c1cnc(Nc2ccc(C(=O)O)cn2)cc1Nc1ccccc1. The molecule has 4 N–H and O–H groups in total. The van der Waals surface area contributed by atoms with E-state index in [-0.39, 0.29) is 11.5 Å². The maximum absolute atomic E-state index is 12.1. The Morgan fingerprint density at radius 3 is 2.30 bits per heavy atom. The number of hydrogen-bond acceptors (Lipinski definition) is 6. The lowest BCUT2D eigenvalue weighted by molar-refractivity contribution is 0.0696. The summed E-state index contributed by atoms with van der Waals surface area (Å²) in [6.07, 6.45) is 2.71. The van der Waals surface area contributed by atoms with Gasteiger partial charge >= 0.3 is 5.97 Å². The van der Waals surface area contributed by atoms with Crippen LogP contribution in [-0.4, -0.2) is 34.0 Å². The molecule has 8 heteroatoms. The summed E-state index contributed by atoms with van der Waals surface area (Å²) in [7, 11) is 1.55. The maximum atomic E-state index is 12.1. The van der Waals surface area contributed by atoms with Crippen LogP contribution in [0.4, 0.5) is 23.0 Å². The van der Waals surface area contributed by atoms with Gasteiger partial charge in [-0.2, -0.15) is 0 Å². The molecule has 3 rings (SSSR count). The molecule has 0 saturated carbocycles. The number of nitrogens with zero attached hydrogens (tertiary/aromatic N) is 2. The molecule has 8 nitrogen and oxygen atoms in total. The Balaban J connectivity index is 1.88. The number of aromatic nitrogens is 2. The van der Waals surface area contributed by atoms with Crippen LogP contribution in [-0.2, 0) is 0 Å². The van der Waals surface area contributed by atoms with E-state index in [0.717, 1.165) is 5.69 Å². The van der Waals surface area contributed by atoms with Crippen molar-refractivity contribution >= 4 is 34.9 Å². The first-order chi connectivity index (χ1) is 13.1. The molecule has 27 heavy (non-hydrogen) atoms. The summed E-state index contributed by atoms with van der Waals surface area (Å²) in [5.74, 6) is -0.421. The molecule has 0 spiro atoms. The number of nitrogens with one attached hydrogen (secondary N) is 3. The summed E-state index contributed by atoms with van der Waals surface area (Å²) in [6.45, 7) is 0. The number of aromatic carboxylic acids is 1. The third-order valence-corrected chi connectivity index (χ3v) is 3.70. The zero-order valence-electron chi connectivity index (χ0n) is 14.4. The number of hydrogen-bond donors (Lipinski definition) is 4. The Hall–Kier alpha value is -3.94. The van der Waals surface area contributed by atoms with Crippen molar-refractivity contribution < 1.29 is 14.7 Å². The number of para-hydroxylation sites is 1. The number of rotatable bonds is 6. The summed E-state index contributed by atoms with van der Waals surface area (Å²) >= 11 is 0. The molecule has 0 aliphatic carbocycles. The maximum Gasteiger partial charge on any atom is 0.337 e. The van der Waals surface area contributed by atoms with Gasteiger partial charge in [0.05, 0.1) is 16.8 Å². The van der Waals surface area contributed by atoms with E-state index in [4.69, 9.17) is 5.11 Å². The van der Waals surface area contributed by atoms with Crippen LogP contribution >= 0.6 is 0 Å². The molecule has 0 saturated heterocycles. The lowest BCUT2D eigenvalue weighted by Gasteiger charge is -2.13. The number of carbonyl (C=O) groups excluding carboxylic acids is 1. The van der Waals surface area contributed by atoms with Crippen LogP contribution < -0.4 is 16.0 Å². The number of carbonyl (C=O) groups is 2. The number of carboxylic acids is 1. The molecule has 0 bridgehead atoms. The van der Waals surface area contributed by atoms with Crippen LogP contribution in [0.3, 0.4) is 0 Å². The monoisotopic (exact) mass is 363 g/mol. The van der Waals surface area contributed by atoms with Gasteiger partial charge < -0.3 is 21.1 Å². The zero-order chi connectivity index (χ0) is 19.2. The molecule has 0 aliphatic heterocycles. The average Bonchev–Trinajstić information content (AvgIpc) is 2.69. The zero-order valence-corrected chi connectivity index (χ0v) is 14.4. The summed E-state index contributed by atoms with van der Waals surface area (Å²) < 4.78 is 0. The van der Waals surface area contributed by atoms with Crippen molar-refractivity contribution in [3.8, 4) is 0 Å². The molecular formula is C19H17N5O3. The van der Waals surface area contributed by atoms with Gasteiger partial charge in [0.1, 0.15) is 11.6 Å². The van der Waals surface area contributed by atoms with E-state index in [1.807, 2.05) is 30.3 Å². The highest BCUT2D eigenvalue weighted by atomic mass is 16.4. The van der Waals surface area contributed by atoms with E-state index < -0.39 is 5.97 Å². The topological polar surface area (TPSA) is 116 Å². The van der Waals surface area contributed by atoms with E-state index in [9.17, 15) is 9.59 Å². The molecule has 2 aromatic heterocycles. The van der Waals surface area contributed by atoms with Gasteiger partial charge in [0.15, 0.2) is 0 Å². The third-order valence-electron chi connectivity index (χ3n) is 3.70. The molecule has 0 fully saturated rings. The predicted molar refractivity (Wildman–Crippen MR) is 102 cm³/mol. The fraction of sp³-hybridized carbons (Fsp3) is 0.0526. The standard InChI is InChI=1S/C19H17N5O3/c1-20-18(25)14-11-22-17(9-15(14)23-13-5-3-2-4-6-13)24-16-8-7-12(10-21-16)19(26)27/h2-11H,1H3,(H,20,25)(H,26,27)(H2,21,22,23,24). The molecule has 2 heterocycles. The smallest absolute Gasteiger partial charge is 0.337 e. The van der Waals surface area contributed by atoms with Crippen molar-refractivity contribution in [2.45, 2.75) is 0 Å². The lowest BCUT2D eigenvalue weighted by atomic mass is 10.2. The number of benzene rings is 1. The van der Waals surface area contributed by atoms with Gasteiger partial charge in [-0.05, 0) is 24.3 Å². The van der Waals surface area contributed by atoms with Crippen LogP contribution in [0.25, 0.3) is 0 Å². The highest BCUT2D eigenvalue weighted by molar-refractivity contribution is 6.00. The van der Waals surface area contributed by atoms with Gasteiger partial charge in [-0.3, -0.25) is 4.79 Å². The summed E-state index contributed by atoms with van der Waals surface area (Å²) in [4.78, 5) is 31.3. The van der Waals surface area contributed by atoms with E-state index >= 15 is 0 Å². The number of pyridine rings is 2. The summed E-state index contributed by atoms with van der Waals surface area (Å²) in [5.41, 5.74) is 1.87. The highest BCUT2D eigenvalue weighted by Crippen LogP contribution is 2.24. The minimum absolute atomic E-state index is 0.0925. The molecule has 0 aliphatic rings. The molecule has 1 aromatic carbocycles. The molecule has 3 aromatic rings. The fourth-order valence-electron chi connectivity index (χ4n) is 2.35. The molecule has 136 valence electrons. The van der Waals surface area contributed by atoms with Crippen molar-refractivity contribution in [2.24, 2.45) is 0 Å². The Labute approximate surface area is 155 Å². The normalized spacial score (nSPS) is 10.1. The van der Waals surface area contributed by atoms with Gasteiger partial charge in [-0.1, -0.05) is 18.2 Å². The first-order valence-electron chi connectivity index (χ1n) is 8.07. The molecule has 0 unspecified atom stereocenters. The van der Waals surface area contributed by atoms with Gasteiger partial charge in [0, 0.05) is 31.2 Å². The van der Waals surface area contributed by atoms with E-state index in [1.54, 1.807) is 19.2 Å². The molecule has 1 amide bonds. The first-order valence-corrected chi connectivity index (χ1v) is 8.07. The first kappa shape index (κ1) is 17.9. The minimum atomic E-state index is -1.04. The third kappa shape index (κ3) is 4.37. The van der Waals surface area contributed by atoms with Crippen molar-refractivity contribution in [2.75, 3.05) is 17.7 Å². The average molecular weight is 363 g/mol. The molecular weight excluding hydrogens is 346 g/mol. The number of carboxylic acid groups (broad SMARTS) is 1. The van der Waals surface area contributed by atoms with Crippen LogP contribution in [0.2, 0.25) is 0 Å². The summed E-state index contributed by atoms with van der Waals surface area (Å²) in [5, 5.41) is 17.7. The van der Waals surface area contributed by atoms with Crippen molar-refractivity contribution in [3.63, 3.8) is 0 Å². The predicted octanol–water partition coefficient (Wildman–Crippen LogP) is 3.02. The van der Waals surface area contributed by atoms with Gasteiger partial charge in [0.25, 0.3) is 5.91 Å². The van der Waals surface area contributed by atoms with Crippen LogP contribution in [0.15, 0.2) is 60.9 Å². The lowest BCUT2D eigenvalue weighted by Crippen LogP contribution is -2.19. The van der Waals surface area contributed by atoms with E-state index in [1.165, 1.54) is 18.5 Å².